The first-order chi connectivity index (χ1) is 13.2. The summed E-state index contributed by atoms with van der Waals surface area (Å²) in [6.45, 7) is 1.04. The van der Waals surface area contributed by atoms with E-state index in [1.165, 1.54) is 16.4 Å². The SMILES string of the molecule is Cn1ncc(N(CCO)Cc2ccccc2)c(SCc2ccccc2)c1=O. The fraction of sp³-hybridized carbons (Fsp3) is 0.238. The molecule has 0 spiro atoms. The van der Waals surface area contributed by atoms with Gasteiger partial charge in [-0.25, -0.2) is 4.68 Å². The molecule has 0 bridgehead atoms. The van der Waals surface area contributed by atoms with Gasteiger partial charge in [0.05, 0.1) is 23.4 Å². The third kappa shape index (κ3) is 4.99. The first-order valence-corrected chi connectivity index (χ1v) is 9.80. The predicted molar refractivity (Wildman–Crippen MR) is 110 cm³/mol. The monoisotopic (exact) mass is 381 g/mol. The minimum Gasteiger partial charge on any atom is -0.395 e. The molecule has 5 nitrogen and oxygen atoms in total. The zero-order valence-electron chi connectivity index (χ0n) is 15.3. The van der Waals surface area contributed by atoms with E-state index < -0.39 is 0 Å². The van der Waals surface area contributed by atoms with Crippen molar-refractivity contribution >= 4 is 17.4 Å². The Hall–Kier alpha value is -2.57. The normalized spacial score (nSPS) is 10.7. The van der Waals surface area contributed by atoms with Crippen LogP contribution in [0, 0.1) is 0 Å². The number of thioether (sulfide) groups is 1. The van der Waals surface area contributed by atoms with E-state index in [1.807, 2.05) is 65.6 Å². The molecular weight excluding hydrogens is 358 g/mol. The highest BCUT2D eigenvalue weighted by atomic mass is 32.2. The number of aliphatic hydroxyl groups excluding tert-OH is 1. The molecule has 0 aliphatic carbocycles. The van der Waals surface area contributed by atoms with E-state index in [1.54, 1.807) is 13.2 Å². The van der Waals surface area contributed by atoms with Crippen LogP contribution in [-0.4, -0.2) is 28.0 Å². The van der Waals surface area contributed by atoms with Crippen LogP contribution in [0.3, 0.4) is 0 Å². The summed E-state index contributed by atoms with van der Waals surface area (Å²) >= 11 is 1.51. The third-order valence-electron chi connectivity index (χ3n) is 4.23. The maximum atomic E-state index is 12.8. The lowest BCUT2D eigenvalue weighted by Gasteiger charge is -2.26. The molecule has 140 valence electrons. The second-order valence-electron chi connectivity index (χ2n) is 6.19. The Balaban J connectivity index is 1.92. The molecule has 0 fully saturated rings. The van der Waals surface area contributed by atoms with Gasteiger partial charge in [-0.05, 0) is 11.1 Å². The van der Waals surface area contributed by atoms with E-state index in [2.05, 4.69) is 5.10 Å². The molecule has 1 aromatic heterocycles. The summed E-state index contributed by atoms with van der Waals surface area (Å²) in [5, 5.41) is 13.8. The summed E-state index contributed by atoms with van der Waals surface area (Å²) in [5.74, 6) is 0.700. The molecule has 0 saturated heterocycles. The molecule has 1 heterocycles. The second-order valence-corrected chi connectivity index (χ2v) is 7.18. The van der Waals surface area contributed by atoms with Crippen molar-refractivity contribution < 1.29 is 5.11 Å². The Labute approximate surface area is 163 Å². The number of nitrogens with zero attached hydrogens (tertiary/aromatic N) is 3. The molecule has 27 heavy (non-hydrogen) atoms. The lowest BCUT2D eigenvalue weighted by molar-refractivity contribution is 0.301. The van der Waals surface area contributed by atoms with Crippen molar-refractivity contribution in [3.63, 3.8) is 0 Å². The molecule has 0 aliphatic rings. The highest BCUT2D eigenvalue weighted by Gasteiger charge is 2.17. The Morgan fingerprint density at radius 1 is 1.04 bits per heavy atom. The fourth-order valence-corrected chi connectivity index (χ4v) is 3.90. The summed E-state index contributed by atoms with van der Waals surface area (Å²) in [6, 6.07) is 20.1. The largest absolute Gasteiger partial charge is 0.395 e. The van der Waals surface area contributed by atoms with Crippen molar-refractivity contribution in [3.8, 4) is 0 Å². The maximum absolute atomic E-state index is 12.8. The molecule has 0 atom stereocenters. The van der Waals surface area contributed by atoms with E-state index in [9.17, 15) is 9.90 Å². The Morgan fingerprint density at radius 2 is 1.67 bits per heavy atom. The topological polar surface area (TPSA) is 58.4 Å². The van der Waals surface area contributed by atoms with Gasteiger partial charge < -0.3 is 10.0 Å². The van der Waals surface area contributed by atoms with Gasteiger partial charge in [-0.3, -0.25) is 4.79 Å². The first-order valence-electron chi connectivity index (χ1n) is 8.82. The minimum atomic E-state index is -0.121. The number of hydrogen-bond donors (Lipinski definition) is 1. The van der Waals surface area contributed by atoms with Gasteiger partial charge in [-0.15, -0.1) is 11.8 Å². The van der Waals surface area contributed by atoms with E-state index in [4.69, 9.17) is 0 Å². The molecule has 3 rings (SSSR count). The highest BCUT2D eigenvalue weighted by Crippen LogP contribution is 2.29. The van der Waals surface area contributed by atoms with Gasteiger partial charge in [0.15, 0.2) is 0 Å². The number of aryl methyl sites for hydroxylation is 1. The van der Waals surface area contributed by atoms with Crippen LogP contribution in [0.2, 0.25) is 0 Å². The molecule has 0 unspecified atom stereocenters. The first kappa shape index (κ1) is 19.2. The Kier molecular flexibility index (Phi) is 6.68. The van der Waals surface area contributed by atoms with Crippen LogP contribution >= 0.6 is 11.8 Å². The summed E-state index contributed by atoms with van der Waals surface area (Å²) in [6.07, 6.45) is 1.72. The van der Waals surface area contributed by atoms with Crippen LogP contribution in [-0.2, 0) is 19.3 Å². The van der Waals surface area contributed by atoms with E-state index in [-0.39, 0.29) is 12.2 Å². The van der Waals surface area contributed by atoms with Crippen LogP contribution in [0.4, 0.5) is 5.69 Å². The second kappa shape index (κ2) is 9.39. The smallest absolute Gasteiger partial charge is 0.282 e. The van der Waals surface area contributed by atoms with Crippen LogP contribution in [0.5, 0.6) is 0 Å². The molecule has 1 N–H and O–H groups in total. The number of benzene rings is 2. The molecule has 0 saturated carbocycles. The molecule has 0 radical (unpaired) electrons. The van der Waals surface area contributed by atoms with Gasteiger partial charge in [0, 0.05) is 25.9 Å². The summed E-state index contributed by atoms with van der Waals surface area (Å²) in [4.78, 5) is 15.4. The number of aliphatic hydroxyl groups is 1. The quantitative estimate of drug-likeness (QED) is 0.608. The van der Waals surface area contributed by atoms with Gasteiger partial charge in [-0.2, -0.15) is 5.10 Å². The average Bonchev–Trinajstić information content (AvgIpc) is 2.70. The zero-order valence-corrected chi connectivity index (χ0v) is 16.1. The fourth-order valence-electron chi connectivity index (χ4n) is 2.81. The maximum Gasteiger partial charge on any atom is 0.282 e. The number of hydrogen-bond acceptors (Lipinski definition) is 5. The summed E-state index contributed by atoms with van der Waals surface area (Å²) in [5.41, 5.74) is 2.91. The number of rotatable bonds is 8. The lowest BCUT2D eigenvalue weighted by atomic mass is 10.2. The molecular formula is C21H23N3O2S. The molecule has 0 amide bonds. The van der Waals surface area contributed by atoms with Crippen molar-refractivity contribution in [2.45, 2.75) is 17.2 Å². The average molecular weight is 382 g/mol. The van der Waals surface area contributed by atoms with Crippen molar-refractivity contribution in [3.05, 3.63) is 88.3 Å². The Bertz CT molecular complexity index is 914. The Morgan fingerprint density at radius 3 is 2.30 bits per heavy atom. The van der Waals surface area contributed by atoms with Gasteiger partial charge in [0.25, 0.3) is 5.56 Å². The minimum absolute atomic E-state index is 0.00480. The zero-order chi connectivity index (χ0) is 19.1. The van der Waals surface area contributed by atoms with Gasteiger partial charge in [-0.1, -0.05) is 60.7 Å². The number of aromatic nitrogens is 2. The number of anilines is 1. The van der Waals surface area contributed by atoms with Crippen LogP contribution < -0.4 is 10.5 Å². The molecule has 0 aliphatic heterocycles. The predicted octanol–water partition coefficient (Wildman–Crippen LogP) is 3.07. The van der Waals surface area contributed by atoms with Crippen LogP contribution in [0.15, 0.2) is 76.6 Å². The summed E-state index contributed by atoms with van der Waals surface area (Å²) < 4.78 is 1.36. The molecule has 6 heteroatoms. The molecule has 3 aromatic rings. The van der Waals surface area contributed by atoms with Gasteiger partial charge in [0.2, 0.25) is 0 Å². The van der Waals surface area contributed by atoms with Crippen molar-refractivity contribution in [2.75, 3.05) is 18.1 Å². The van der Waals surface area contributed by atoms with E-state index >= 15 is 0 Å². The summed E-state index contributed by atoms with van der Waals surface area (Å²) in [7, 11) is 1.66. The molecule has 2 aromatic carbocycles. The van der Waals surface area contributed by atoms with Gasteiger partial charge >= 0.3 is 0 Å². The van der Waals surface area contributed by atoms with Gasteiger partial charge in [0.1, 0.15) is 0 Å². The lowest BCUT2D eigenvalue weighted by Crippen LogP contribution is -2.31. The van der Waals surface area contributed by atoms with Crippen LogP contribution in [0.25, 0.3) is 0 Å². The highest BCUT2D eigenvalue weighted by molar-refractivity contribution is 7.98. The van der Waals surface area contributed by atoms with Crippen molar-refractivity contribution in [1.82, 2.24) is 9.78 Å². The van der Waals surface area contributed by atoms with Crippen LogP contribution in [0.1, 0.15) is 11.1 Å². The standard InChI is InChI=1S/C21H23N3O2S/c1-23-21(26)20(27-16-18-10-6-3-7-11-18)19(14-22-23)24(12-13-25)15-17-8-4-2-5-9-17/h2-11,14,25H,12-13,15-16H2,1H3. The van der Waals surface area contributed by atoms with E-state index in [0.717, 1.165) is 16.8 Å². The van der Waals surface area contributed by atoms with Crippen molar-refractivity contribution in [2.24, 2.45) is 7.05 Å². The third-order valence-corrected chi connectivity index (χ3v) is 5.38. The van der Waals surface area contributed by atoms with E-state index in [0.29, 0.717) is 23.7 Å². The van der Waals surface area contributed by atoms with Crippen molar-refractivity contribution in [1.29, 1.82) is 0 Å².